The van der Waals surface area contributed by atoms with Crippen molar-refractivity contribution < 1.29 is 19.2 Å². The lowest BCUT2D eigenvalue weighted by atomic mass is 9.83. The third kappa shape index (κ3) is 6.97. The summed E-state index contributed by atoms with van der Waals surface area (Å²) in [6.45, 7) is 22.2. The summed E-state index contributed by atoms with van der Waals surface area (Å²) in [5.41, 5.74) is 3.30. The Hall–Kier alpha value is -5.50. The molecule has 278 valence electrons. The largest absolute Gasteiger partial charge is 0.354 e. The van der Waals surface area contributed by atoms with Crippen molar-refractivity contribution in [2.45, 2.75) is 83.1 Å². The topological polar surface area (TPSA) is 126 Å². The second-order valence-corrected chi connectivity index (χ2v) is 18.4. The molecule has 5 heterocycles. The van der Waals surface area contributed by atoms with Gasteiger partial charge in [-0.25, -0.2) is 9.97 Å². The Kier molecular flexibility index (Phi) is 9.28. The molecule has 8 heteroatoms. The lowest BCUT2D eigenvalue weighted by Crippen LogP contribution is -2.23. The third-order valence-electron chi connectivity index (χ3n) is 9.58. The van der Waals surface area contributed by atoms with Gasteiger partial charge in [-0.2, -0.15) is 0 Å². The van der Waals surface area contributed by atoms with E-state index in [-0.39, 0.29) is 28.7 Å². The van der Waals surface area contributed by atoms with Crippen molar-refractivity contribution in [1.82, 2.24) is 19.9 Å². The van der Waals surface area contributed by atoms with E-state index in [2.05, 4.69) is 9.97 Å². The van der Waals surface area contributed by atoms with Gasteiger partial charge in [0.2, 0.25) is 0 Å². The summed E-state index contributed by atoms with van der Waals surface area (Å²) >= 11 is 0. The molecule has 8 nitrogen and oxygen atoms in total. The number of nitrogens with one attached hydrogen (secondary N) is 2. The minimum Gasteiger partial charge on any atom is -0.354 e. The number of rotatable bonds is 5. The van der Waals surface area contributed by atoms with Crippen LogP contribution in [0.25, 0.3) is 57.5 Å². The van der Waals surface area contributed by atoms with Crippen LogP contribution in [0.2, 0.25) is 0 Å². The maximum atomic E-state index is 14.7. The lowest BCUT2D eigenvalue weighted by molar-refractivity contribution is 0.0850. The van der Waals surface area contributed by atoms with E-state index in [1.54, 1.807) is 24.3 Å². The molecule has 0 amide bonds. The Balaban J connectivity index is 1.97. The summed E-state index contributed by atoms with van der Waals surface area (Å²) in [5.74, 6) is -0.672. The molecule has 8 bridgehead atoms. The molecule has 54 heavy (non-hydrogen) atoms. The van der Waals surface area contributed by atoms with Crippen molar-refractivity contribution in [3.63, 3.8) is 0 Å². The molecule has 3 aromatic heterocycles. The molecule has 6 rings (SSSR count). The number of benzene rings is 1. The minimum atomic E-state index is -0.856. The first-order valence-corrected chi connectivity index (χ1v) is 18.4. The van der Waals surface area contributed by atoms with Crippen molar-refractivity contribution in [2.75, 3.05) is 0 Å². The van der Waals surface area contributed by atoms with Crippen LogP contribution in [0.4, 0.5) is 0 Å². The second-order valence-electron chi connectivity index (χ2n) is 18.4. The third-order valence-corrected chi connectivity index (χ3v) is 9.58. The van der Waals surface area contributed by atoms with Crippen LogP contribution in [-0.2, 0) is 0 Å². The number of aromatic nitrogens is 4. The molecule has 0 fully saturated rings. The van der Waals surface area contributed by atoms with E-state index in [1.807, 2.05) is 132 Å². The summed E-state index contributed by atoms with van der Waals surface area (Å²) in [7, 11) is 0. The van der Waals surface area contributed by atoms with Gasteiger partial charge in [0, 0.05) is 38.3 Å². The molecule has 2 aliphatic heterocycles. The molecule has 0 spiro atoms. The maximum Gasteiger partial charge on any atom is 0.172 e. The summed E-state index contributed by atoms with van der Waals surface area (Å²) in [5, 5.41) is 0. The first-order valence-electron chi connectivity index (χ1n) is 18.4. The van der Waals surface area contributed by atoms with Crippen LogP contribution in [0.5, 0.6) is 0 Å². The van der Waals surface area contributed by atoms with Gasteiger partial charge in [0.1, 0.15) is 0 Å². The Morgan fingerprint density at radius 2 is 0.870 bits per heavy atom. The van der Waals surface area contributed by atoms with Crippen LogP contribution in [-0.4, -0.2) is 43.1 Å². The average Bonchev–Trinajstić information content (AvgIpc) is 3.89. The molecule has 0 saturated carbocycles. The number of ketones is 4. The highest BCUT2D eigenvalue weighted by atomic mass is 16.1. The fraction of sp³-hybridized carbons (Fsp3) is 0.348. The van der Waals surface area contributed by atoms with Gasteiger partial charge in [0.15, 0.2) is 23.1 Å². The van der Waals surface area contributed by atoms with Gasteiger partial charge in [-0.05, 0) is 48.1 Å². The summed E-state index contributed by atoms with van der Waals surface area (Å²) in [6.07, 6.45) is 7.19. The van der Waals surface area contributed by atoms with Crippen molar-refractivity contribution in [3.8, 4) is 11.1 Å². The Morgan fingerprint density at radius 1 is 0.463 bits per heavy atom. The number of aromatic amines is 2. The highest BCUT2D eigenvalue weighted by molar-refractivity contribution is 6.17. The van der Waals surface area contributed by atoms with Gasteiger partial charge in [-0.1, -0.05) is 113 Å². The van der Waals surface area contributed by atoms with E-state index in [0.717, 1.165) is 5.56 Å². The van der Waals surface area contributed by atoms with Gasteiger partial charge in [0.25, 0.3) is 0 Å². The van der Waals surface area contributed by atoms with Crippen LogP contribution in [0, 0.1) is 21.7 Å². The summed E-state index contributed by atoms with van der Waals surface area (Å²) in [6, 6.07) is 15.1. The zero-order valence-corrected chi connectivity index (χ0v) is 33.5. The van der Waals surface area contributed by atoms with Crippen LogP contribution in [0.1, 0.15) is 147 Å². The minimum absolute atomic E-state index is 0.125. The van der Waals surface area contributed by atoms with Gasteiger partial charge in [-0.3, -0.25) is 19.2 Å². The first-order chi connectivity index (χ1) is 25.0. The monoisotopic (exact) mass is 722 g/mol. The fourth-order valence-corrected chi connectivity index (χ4v) is 6.62. The molecule has 4 aromatic rings. The van der Waals surface area contributed by atoms with Gasteiger partial charge < -0.3 is 9.97 Å². The van der Waals surface area contributed by atoms with E-state index in [9.17, 15) is 19.2 Å². The lowest BCUT2D eigenvalue weighted by Gasteiger charge is -2.19. The first kappa shape index (κ1) is 38.2. The second kappa shape index (κ2) is 13.1. The number of Topliss-reactive ketones (excluding diaryl/α,β-unsaturated/α-hetero) is 4. The Labute approximate surface area is 317 Å². The molecule has 0 saturated heterocycles. The van der Waals surface area contributed by atoms with Crippen molar-refractivity contribution in [1.29, 1.82) is 0 Å². The Bertz CT molecular complexity index is 2480. The van der Waals surface area contributed by atoms with Crippen LogP contribution >= 0.6 is 0 Å². The number of hydrogen-bond donors (Lipinski definition) is 2. The SMILES string of the molecule is CC(C)(C)C(=O)c1c2nc(c(-c3ccccc3)c3cc(C(=O)C(C)(C)C)c([nH]3)c(C(=O)C(C)(C)C)c3nc(c(C(=O)C(C)(C)C)c4ccc1[nH]4)C=C3)C=C2. The average molecular weight is 723 g/mol. The molecule has 0 radical (unpaired) electrons. The van der Waals surface area contributed by atoms with Gasteiger partial charge >= 0.3 is 0 Å². The van der Waals surface area contributed by atoms with Crippen LogP contribution in [0.3, 0.4) is 0 Å². The number of hydrogen-bond acceptors (Lipinski definition) is 6. The normalized spacial score (nSPS) is 13.3. The predicted octanol–water partition coefficient (Wildman–Crippen LogP) is 11.2. The highest BCUT2D eigenvalue weighted by Crippen LogP contribution is 2.38. The standard InChI is InChI=1S/C46H50N4O4/c1-43(2,3)39(51)26-24-33-34(25-16-14-13-15-17-25)27-18-19-28(47-27)35(40(52)44(4,5)6)29-20-21-30(48-29)36(41(53)45(7,8)9)31-22-23-32(49-31)37(38(26)50-33)42(54)46(10,11)12/h13-24,48,50H,1-12H3. The summed E-state index contributed by atoms with van der Waals surface area (Å²) < 4.78 is 0. The molecule has 1 aromatic carbocycles. The van der Waals surface area contributed by atoms with Gasteiger partial charge in [-0.15, -0.1) is 0 Å². The predicted molar refractivity (Wildman–Crippen MR) is 219 cm³/mol. The van der Waals surface area contributed by atoms with Crippen molar-refractivity contribution in [2.24, 2.45) is 21.7 Å². The molecule has 0 aliphatic carbocycles. The molecular weight excluding hydrogens is 673 g/mol. The Morgan fingerprint density at radius 3 is 1.33 bits per heavy atom. The number of fused-ring (bicyclic) bond motifs is 8. The zero-order valence-electron chi connectivity index (χ0n) is 33.5. The molecule has 2 N–H and O–H groups in total. The fourth-order valence-electron chi connectivity index (χ4n) is 6.62. The number of H-pyrrole nitrogens is 2. The quantitative estimate of drug-likeness (QED) is 0.171. The van der Waals surface area contributed by atoms with E-state index >= 15 is 0 Å². The maximum absolute atomic E-state index is 14.7. The van der Waals surface area contributed by atoms with Crippen molar-refractivity contribution >= 4 is 69.5 Å². The van der Waals surface area contributed by atoms with Crippen LogP contribution in [0.15, 0.2) is 48.5 Å². The summed E-state index contributed by atoms with van der Waals surface area (Å²) in [4.78, 5) is 74.8. The number of nitrogens with zero attached hydrogens (tertiary/aromatic N) is 2. The van der Waals surface area contributed by atoms with E-state index in [0.29, 0.717) is 67.1 Å². The van der Waals surface area contributed by atoms with Crippen LogP contribution < -0.4 is 0 Å². The van der Waals surface area contributed by atoms with E-state index in [4.69, 9.17) is 9.97 Å². The van der Waals surface area contributed by atoms with Crippen molar-refractivity contribution in [3.05, 3.63) is 93.6 Å². The number of carbonyl (C=O) groups excluding carboxylic acids is 4. The number of carbonyl (C=O) groups is 4. The highest BCUT2D eigenvalue weighted by Gasteiger charge is 2.34. The van der Waals surface area contributed by atoms with E-state index < -0.39 is 21.7 Å². The molecule has 0 atom stereocenters. The van der Waals surface area contributed by atoms with Gasteiger partial charge in [0.05, 0.1) is 56.0 Å². The molecular formula is C46H50N4O4. The molecule has 0 unspecified atom stereocenters. The zero-order chi connectivity index (χ0) is 39.7. The molecule has 2 aliphatic rings. The van der Waals surface area contributed by atoms with E-state index in [1.165, 1.54) is 0 Å². The smallest absolute Gasteiger partial charge is 0.172 e.